The summed E-state index contributed by atoms with van der Waals surface area (Å²) in [6, 6.07) is 13.1. The first-order valence-electron chi connectivity index (χ1n) is 11.0. The van der Waals surface area contributed by atoms with Gasteiger partial charge in [-0.15, -0.1) is 0 Å². The molecule has 4 aromatic rings. The SMILES string of the molecule is CCn1c(CCC(=O)NCCc2c[nH]c3ccccc23)nc2cc(S(=O)(=O)N(C)C)ccc21. The van der Waals surface area contributed by atoms with Crippen LogP contribution >= 0.6 is 0 Å². The summed E-state index contributed by atoms with van der Waals surface area (Å²) in [4.78, 5) is 20.5. The number of sulfonamides is 1. The predicted octanol–water partition coefficient (Wildman–Crippen LogP) is 3.08. The number of hydrogen-bond acceptors (Lipinski definition) is 4. The normalized spacial score (nSPS) is 12.1. The number of carbonyl (C=O) groups is 1. The zero-order valence-corrected chi connectivity index (χ0v) is 19.9. The highest BCUT2D eigenvalue weighted by molar-refractivity contribution is 7.89. The van der Waals surface area contributed by atoms with Crippen LogP contribution in [0.2, 0.25) is 0 Å². The molecule has 9 heteroatoms. The Labute approximate surface area is 193 Å². The second-order valence-electron chi connectivity index (χ2n) is 8.17. The number of aryl methyl sites for hydroxylation is 2. The van der Waals surface area contributed by atoms with Gasteiger partial charge in [-0.05, 0) is 43.2 Å². The van der Waals surface area contributed by atoms with Gasteiger partial charge in [0.25, 0.3) is 0 Å². The second kappa shape index (κ2) is 9.36. The van der Waals surface area contributed by atoms with E-state index in [0.29, 0.717) is 31.4 Å². The van der Waals surface area contributed by atoms with E-state index >= 15 is 0 Å². The fraction of sp³-hybridized carbons (Fsp3) is 0.333. The summed E-state index contributed by atoms with van der Waals surface area (Å²) in [7, 11) is -0.516. The number of benzene rings is 2. The van der Waals surface area contributed by atoms with Crippen LogP contribution in [0.15, 0.2) is 53.6 Å². The topological polar surface area (TPSA) is 100 Å². The fourth-order valence-electron chi connectivity index (χ4n) is 4.06. The molecule has 2 heterocycles. The number of carbonyl (C=O) groups excluding carboxylic acids is 1. The van der Waals surface area contributed by atoms with Crippen molar-refractivity contribution >= 4 is 37.9 Å². The molecule has 0 radical (unpaired) electrons. The number of nitrogens with zero attached hydrogens (tertiary/aromatic N) is 3. The Morgan fingerprint density at radius 3 is 2.70 bits per heavy atom. The smallest absolute Gasteiger partial charge is 0.242 e. The molecule has 4 rings (SSSR count). The van der Waals surface area contributed by atoms with Crippen molar-refractivity contribution in [2.45, 2.75) is 37.6 Å². The van der Waals surface area contributed by atoms with Crippen LogP contribution in [0.3, 0.4) is 0 Å². The molecule has 0 aliphatic heterocycles. The Balaban J connectivity index is 1.40. The summed E-state index contributed by atoms with van der Waals surface area (Å²) < 4.78 is 28.1. The van der Waals surface area contributed by atoms with Gasteiger partial charge >= 0.3 is 0 Å². The number of para-hydroxylation sites is 1. The molecule has 2 N–H and O–H groups in total. The molecule has 0 saturated heterocycles. The summed E-state index contributed by atoms with van der Waals surface area (Å²) in [6.45, 7) is 3.26. The number of rotatable bonds is 9. The van der Waals surface area contributed by atoms with E-state index in [4.69, 9.17) is 0 Å². The minimum Gasteiger partial charge on any atom is -0.361 e. The van der Waals surface area contributed by atoms with Crippen molar-refractivity contribution in [2.24, 2.45) is 0 Å². The Hall–Kier alpha value is -3.17. The molecule has 0 fully saturated rings. The molecule has 0 bridgehead atoms. The van der Waals surface area contributed by atoms with Crippen molar-refractivity contribution in [3.63, 3.8) is 0 Å². The maximum absolute atomic E-state index is 12.4. The van der Waals surface area contributed by atoms with Gasteiger partial charge in [-0.3, -0.25) is 4.79 Å². The van der Waals surface area contributed by atoms with Crippen molar-refractivity contribution in [2.75, 3.05) is 20.6 Å². The van der Waals surface area contributed by atoms with Crippen LogP contribution in [0, 0.1) is 0 Å². The van der Waals surface area contributed by atoms with Crippen molar-refractivity contribution in [1.29, 1.82) is 0 Å². The summed E-state index contributed by atoms with van der Waals surface area (Å²) >= 11 is 0. The lowest BCUT2D eigenvalue weighted by Gasteiger charge is -2.11. The maximum Gasteiger partial charge on any atom is 0.242 e. The second-order valence-corrected chi connectivity index (χ2v) is 10.3. The van der Waals surface area contributed by atoms with E-state index in [0.717, 1.165) is 23.3 Å². The number of hydrogen-bond donors (Lipinski definition) is 2. The average Bonchev–Trinajstić information content (AvgIpc) is 3.37. The number of amides is 1. The van der Waals surface area contributed by atoms with Gasteiger partial charge in [0, 0.05) is 57.1 Å². The van der Waals surface area contributed by atoms with Crippen molar-refractivity contribution in [3.05, 3.63) is 60.0 Å². The van der Waals surface area contributed by atoms with E-state index in [1.165, 1.54) is 29.4 Å². The minimum atomic E-state index is -3.53. The first kappa shape index (κ1) is 23.0. The predicted molar refractivity (Wildman–Crippen MR) is 130 cm³/mol. The van der Waals surface area contributed by atoms with Gasteiger partial charge in [-0.1, -0.05) is 18.2 Å². The molecule has 0 atom stereocenters. The van der Waals surface area contributed by atoms with E-state index in [2.05, 4.69) is 21.4 Å². The molecule has 2 aromatic carbocycles. The van der Waals surface area contributed by atoms with Crippen molar-refractivity contribution in [1.82, 2.24) is 24.2 Å². The standard InChI is InChI=1S/C24H29N5O3S/c1-4-29-22-10-9-18(33(31,32)28(2)3)15-21(22)27-23(29)11-12-24(30)25-14-13-17-16-26-20-8-6-5-7-19(17)20/h5-10,15-16,26H,4,11-14H2,1-3H3,(H,25,30). The maximum atomic E-state index is 12.4. The molecule has 174 valence electrons. The Kier molecular flexibility index (Phi) is 6.53. The number of fused-ring (bicyclic) bond motifs is 2. The van der Waals surface area contributed by atoms with Crippen LogP contribution in [0.1, 0.15) is 24.7 Å². The molecule has 8 nitrogen and oxygen atoms in total. The number of imidazole rings is 1. The average molecular weight is 468 g/mol. The van der Waals surface area contributed by atoms with E-state index in [9.17, 15) is 13.2 Å². The molecule has 0 aliphatic carbocycles. The van der Waals surface area contributed by atoms with E-state index in [-0.39, 0.29) is 10.8 Å². The van der Waals surface area contributed by atoms with Crippen LogP contribution < -0.4 is 5.32 Å². The van der Waals surface area contributed by atoms with E-state index in [1.54, 1.807) is 18.2 Å². The number of aromatic nitrogens is 3. The minimum absolute atomic E-state index is 0.0274. The summed E-state index contributed by atoms with van der Waals surface area (Å²) in [5, 5.41) is 4.17. The molecule has 0 unspecified atom stereocenters. The van der Waals surface area contributed by atoms with Gasteiger partial charge in [0.1, 0.15) is 5.82 Å². The summed E-state index contributed by atoms with van der Waals surface area (Å²) in [6.07, 6.45) is 3.55. The van der Waals surface area contributed by atoms with Crippen LogP contribution in [-0.2, 0) is 34.2 Å². The van der Waals surface area contributed by atoms with Crippen LogP contribution in [0.25, 0.3) is 21.9 Å². The van der Waals surface area contributed by atoms with Crippen molar-refractivity contribution in [3.8, 4) is 0 Å². The Morgan fingerprint density at radius 1 is 1.15 bits per heavy atom. The monoisotopic (exact) mass is 467 g/mol. The highest BCUT2D eigenvalue weighted by Gasteiger charge is 2.19. The Bertz CT molecular complexity index is 1400. The number of H-pyrrole nitrogens is 1. The molecule has 0 spiro atoms. The third-order valence-electron chi connectivity index (χ3n) is 5.86. The van der Waals surface area contributed by atoms with Crippen LogP contribution in [-0.4, -0.2) is 53.8 Å². The first-order chi connectivity index (χ1) is 15.8. The summed E-state index contributed by atoms with van der Waals surface area (Å²) in [5.74, 6) is 0.749. The number of nitrogens with one attached hydrogen (secondary N) is 2. The fourth-order valence-corrected chi connectivity index (χ4v) is 4.99. The third-order valence-corrected chi connectivity index (χ3v) is 7.67. The van der Waals surface area contributed by atoms with Gasteiger partial charge in [0.2, 0.25) is 15.9 Å². The molecule has 33 heavy (non-hydrogen) atoms. The van der Waals surface area contributed by atoms with Gasteiger partial charge in [0.15, 0.2) is 0 Å². The zero-order chi connectivity index (χ0) is 23.6. The van der Waals surface area contributed by atoms with Gasteiger partial charge < -0.3 is 14.9 Å². The molecule has 2 aromatic heterocycles. The molecular formula is C24H29N5O3S. The zero-order valence-electron chi connectivity index (χ0n) is 19.1. The van der Waals surface area contributed by atoms with Gasteiger partial charge in [0.05, 0.1) is 15.9 Å². The summed E-state index contributed by atoms with van der Waals surface area (Å²) in [5.41, 5.74) is 3.76. The van der Waals surface area contributed by atoms with E-state index in [1.807, 2.05) is 35.9 Å². The third kappa shape index (κ3) is 4.65. The number of aromatic amines is 1. The molecule has 1 amide bonds. The van der Waals surface area contributed by atoms with Crippen LogP contribution in [0.5, 0.6) is 0 Å². The molecule has 0 saturated carbocycles. The van der Waals surface area contributed by atoms with Gasteiger partial charge in [-0.25, -0.2) is 17.7 Å². The lowest BCUT2D eigenvalue weighted by Crippen LogP contribution is -2.26. The quantitative estimate of drug-likeness (QED) is 0.395. The Morgan fingerprint density at radius 2 is 1.94 bits per heavy atom. The lowest BCUT2D eigenvalue weighted by atomic mass is 10.1. The van der Waals surface area contributed by atoms with Crippen molar-refractivity contribution < 1.29 is 13.2 Å². The highest BCUT2D eigenvalue weighted by atomic mass is 32.2. The largest absolute Gasteiger partial charge is 0.361 e. The highest BCUT2D eigenvalue weighted by Crippen LogP contribution is 2.23. The van der Waals surface area contributed by atoms with Gasteiger partial charge in [-0.2, -0.15) is 0 Å². The lowest BCUT2D eigenvalue weighted by molar-refractivity contribution is -0.121. The van der Waals surface area contributed by atoms with E-state index < -0.39 is 10.0 Å². The molecular weight excluding hydrogens is 438 g/mol. The first-order valence-corrected chi connectivity index (χ1v) is 12.5. The molecule has 0 aliphatic rings. The van der Waals surface area contributed by atoms with Crippen LogP contribution in [0.4, 0.5) is 0 Å².